The highest BCUT2D eigenvalue weighted by molar-refractivity contribution is 7.11. The van der Waals surface area contributed by atoms with Crippen molar-refractivity contribution in [2.45, 2.75) is 39.3 Å². The molecular formula is C13H22N4OS. The third-order valence-electron chi connectivity index (χ3n) is 3.13. The van der Waals surface area contributed by atoms with E-state index in [1.807, 2.05) is 6.20 Å². The number of nitrogens with zero attached hydrogens (tertiary/aromatic N) is 3. The standard InChI is InChI=1S/C13H22N4OS/c1-3-14-13(17-6-4-11(18)5-7-17)16-9-12-15-8-10(2)19-12/h8,11,18H,3-7,9H2,1-2H3,(H,14,16). The number of likely N-dealkylation sites (tertiary alicyclic amines) is 1. The summed E-state index contributed by atoms with van der Waals surface area (Å²) in [5, 5.41) is 13.9. The van der Waals surface area contributed by atoms with Crippen LogP contribution >= 0.6 is 11.3 Å². The summed E-state index contributed by atoms with van der Waals surface area (Å²) in [6.07, 6.45) is 3.38. The zero-order chi connectivity index (χ0) is 13.7. The second-order valence-electron chi connectivity index (χ2n) is 4.75. The van der Waals surface area contributed by atoms with E-state index in [1.54, 1.807) is 11.3 Å². The number of aliphatic hydroxyl groups excluding tert-OH is 1. The molecule has 6 heteroatoms. The van der Waals surface area contributed by atoms with E-state index in [9.17, 15) is 5.11 Å². The van der Waals surface area contributed by atoms with Crippen molar-refractivity contribution in [1.29, 1.82) is 0 Å². The minimum atomic E-state index is -0.152. The third-order valence-corrected chi connectivity index (χ3v) is 4.03. The fourth-order valence-electron chi connectivity index (χ4n) is 2.12. The minimum Gasteiger partial charge on any atom is -0.393 e. The van der Waals surface area contributed by atoms with Gasteiger partial charge < -0.3 is 15.3 Å². The number of hydrogen-bond donors (Lipinski definition) is 2. The van der Waals surface area contributed by atoms with E-state index in [0.717, 1.165) is 43.4 Å². The van der Waals surface area contributed by atoms with Crippen molar-refractivity contribution in [1.82, 2.24) is 15.2 Å². The molecule has 0 aliphatic carbocycles. The Labute approximate surface area is 118 Å². The average Bonchev–Trinajstić information content (AvgIpc) is 2.81. The van der Waals surface area contributed by atoms with Crippen LogP contribution in [0.15, 0.2) is 11.2 Å². The Morgan fingerprint density at radius 3 is 2.89 bits per heavy atom. The molecule has 0 aromatic carbocycles. The van der Waals surface area contributed by atoms with Crippen molar-refractivity contribution in [2.75, 3.05) is 19.6 Å². The van der Waals surface area contributed by atoms with Crippen LogP contribution in [-0.4, -0.2) is 46.7 Å². The highest BCUT2D eigenvalue weighted by atomic mass is 32.1. The summed E-state index contributed by atoms with van der Waals surface area (Å²) in [7, 11) is 0. The van der Waals surface area contributed by atoms with E-state index in [1.165, 1.54) is 4.88 Å². The second-order valence-corrected chi connectivity index (χ2v) is 6.07. The number of aromatic nitrogens is 1. The maximum atomic E-state index is 9.55. The van der Waals surface area contributed by atoms with Crippen LogP contribution in [0.25, 0.3) is 0 Å². The van der Waals surface area contributed by atoms with E-state index < -0.39 is 0 Å². The van der Waals surface area contributed by atoms with E-state index >= 15 is 0 Å². The molecule has 1 aliphatic heterocycles. The van der Waals surface area contributed by atoms with Crippen LogP contribution in [0.5, 0.6) is 0 Å². The van der Waals surface area contributed by atoms with E-state index in [2.05, 4.69) is 34.0 Å². The predicted molar refractivity (Wildman–Crippen MR) is 78.5 cm³/mol. The first-order chi connectivity index (χ1) is 9.19. The molecule has 106 valence electrons. The van der Waals surface area contributed by atoms with Gasteiger partial charge in [-0.05, 0) is 26.7 Å². The lowest BCUT2D eigenvalue weighted by Gasteiger charge is -2.32. The highest BCUT2D eigenvalue weighted by Crippen LogP contribution is 2.13. The fourth-order valence-corrected chi connectivity index (χ4v) is 2.83. The number of nitrogens with one attached hydrogen (secondary N) is 1. The number of piperidine rings is 1. The Bertz CT molecular complexity index is 424. The first kappa shape index (κ1) is 14.3. The largest absolute Gasteiger partial charge is 0.393 e. The molecule has 1 fully saturated rings. The minimum absolute atomic E-state index is 0.152. The molecule has 2 heterocycles. The van der Waals surface area contributed by atoms with Gasteiger partial charge in [0.1, 0.15) is 5.01 Å². The molecule has 0 atom stereocenters. The van der Waals surface area contributed by atoms with Gasteiger partial charge >= 0.3 is 0 Å². The number of rotatable bonds is 3. The molecule has 2 N–H and O–H groups in total. The number of hydrogen-bond acceptors (Lipinski definition) is 4. The molecule has 1 saturated heterocycles. The molecule has 2 rings (SSSR count). The van der Waals surface area contributed by atoms with Crippen LogP contribution < -0.4 is 5.32 Å². The monoisotopic (exact) mass is 282 g/mol. The molecule has 1 aromatic rings. The van der Waals surface area contributed by atoms with Gasteiger partial charge in [0.05, 0.1) is 12.6 Å². The fraction of sp³-hybridized carbons (Fsp3) is 0.692. The topological polar surface area (TPSA) is 60.8 Å². The molecule has 0 amide bonds. The molecular weight excluding hydrogens is 260 g/mol. The third kappa shape index (κ3) is 4.18. The molecule has 1 aliphatic rings. The summed E-state index contributed by atoms with van der Waals surface area (Å²) in [6, 6.07) is 0. The maximum Gasteiger partial charge on any atom is 0.194 e. The second kappa shape index (κ2) is 6.86. The zero-order valence-electron chi connectivity index (χ0n) is 11.6. The molecule has 1 aromatic heterocycles. The molecule has 0 saturated carbocycles. The van der Waals surface area contributed by atoms with Crippen LogP contribution in [0.1, 0.15) is 29.7 Å². The van der Waals surface area contributed by atoms with Crippen LogP contribution in [-0.2, 0) is 6.54 Å². The number of guanidine groups is 1. The van der Waals surface area contributed by atoms with E-state index in [0.29, 0.717) is 6.54 Å². The van der Waals surface area contributed by atoms with Gasteiger partial charge in [0, 0.05) is 30.7 Å². The van der Waals surface area contributed by atoms with E-state index in [4.69, 9.17) is 0 Å². The van der Waals surface area contributed by atoms with Gasteiger partial charge in [-0.15, -0.1) is 11.3 Å². The van der Waals surface area contributed by atoms with Gasteiger partial charge in [-0.2, -0.15) is 0 Å². The number of thiazole rings is 1. The summed E-state index contributed by atoms with van der Waals surface area (Å²) in [5.41, 5.74) is 0. The van der Waals surface area contributed by atoms with Crippen LogP contribution in [0.3, 0.4) is 0 Å². The zero-order valence-corrected chi connectivity index (χ0v) is 12.4. The maximum absolute atomic E-state index is 9.55. The van der Waals surface area contributed by atoms with Crippen molar-refractivity contribution >= 4 is 17.3 Å². The van der Waals surface area contributed by atoms with Crippen LogP contribution in [0.4, 0.5) is 0 Å². The van der Waals surface area contributed by atoms with Crippen molar-refractivity contribution in [3.8, 4) is 0 Å². The lowest BCUT2D eigenvalue weighted by Crippen LogP contribution is -2.46. The first-order valence-corrected chi connectivity index (χ1v) is 7.63. The summed E-state index contributed by atoms with van der Waals surface area (Å²) in [4.78, 5) is 12.4. The number of aryl methyl sites for hydroxylation is 1. The Morgan fingerprint density at radius 1 is 1.58 bits per heavy atom. The Hall–Kier alpha value is -1.14. The molecule has 0 radical (unpaired) electrons. The normalized spacial score (nSPS) is 17.8. The van der Waals surface area contributed by atoms with Crippen molar-refractivity contribution in [3.05, 3.63) is 16.1 Å². The SMILES string of the molecule is CCNC(=NCc1ncc(C)s1)N1CCC(O)CC1. The number of aliphatic imine (C=N–C) groups is 1. The van der Waals surface area contributed by atoms with Gasteiger partial charge in [-0.1, -0.05) is 0 Å². The molecule has 0 unspecified atom stereocenters. The number of aliphatic hydroxyl groups is 1. The first-order valence-electron chi connectivity index (χ1n) is 6.81. The molecule has 19 heavy (non-hydrogen) atoms. The lowest BCUT2D eigenvalue weighted by molar-refractivity contribution is 0.108. The summed E-state index contributed by atoms with van der Waals surface area (Å²) >= 11 is 1.69. The van der Waals surface area contributed by atoms with Gasteiger partial charge in [0.2, 0.25) is 0 Å². The average molecular weight is 282 g/mol. The molecule has 0 spiro atoms. The Morgan fingerprint density at radius 2 is 2.32 bits per heavy atom. The van der Waals surface area contributed by atoms with Gasteiger partial charge in [0.15, 0.2) is 5.96 Å². The van der Waals surface area contributed by atoms with Crippen molar-refractivity contribution in [2.24, 2.45) is 4.99 Å². The highest BCUT2D eigenvalue weighted by Gasteiger charge is 2.19. The molecule has 0 bridgehead atoms. The van der Waals surface area contributed by atoms with E-state index in [-0.39, 0.29) is 6.10 Å². The quantitative estimate of drug-likeness (QED) is 0.649. The van der Waals surface area contributed by atoms with Gasteiger partial charge in [-0.3, -0.25) is 0 Å². The molecule has 5 nitrogen and oxygen atoms in total. The summed E-state index contributed by atoms with van der Waals surface area (Å²) in [6.45, 7) is 7.34. The summed E-state index contributed by atoms with van der Waals surface area (Å²) < 4.78 is 0. The summed E-state index contributed by atoms with van der Waals surface area (Å²) in [5.74, 6) is 0.933. The predicted octanol–water partition coefficient (Wildman–Crippen LogP) is 1.37. The lowest BCUT2D eigenvalue weighted by atomic mass is 10.1. The van der Waals surface area contributed by atoms with Gasteiger partial charge in [0.25, 0.3) is 0 Å². The van der Waals surface area contributed by atoms with Crippen molar-refractivity contribution in [3.63, 3.8) is 0 Å². The van der Waals surface area contributed by atoms with Gasteiger partial charge in [-0.25, -0.2) is 9.98 Å². The Kier molecular flexibility index (Phi) is 5.15. The van der Waals surface area contributed by atoms with Crippen molar-refractivity contribution < 1.29 is 5.11 Å². The smallest absolute Gasteiger partial charge is 0.194 e. The Balaban J connectivity index is 1.98. The van der Waals surface area contributed by atoms with Crippen LogP contribution in [0, 0.1) is 6.92 Å². The van der Waals surface area contributed by atoms with Crippen LogP contribution in [0.2, 0.25) is 0 Å².